The van der Waals surface area contributed by atoms with Gasteiger partial charge in [-0.3, -0.25) is 4.79 Å². The summed E-state index contributed by atoms with van der Waals surface area (Å²) in [5, 5.41) is 3.32. The van der Waals surface area contributed by atoms with Crippen LogP contribution in [0.5, 0.6) is 5.75 Å². The minimum atomic E-state index is -0.845. The lowest BCUT2D eigenvalue weighted by molar-refractivity contribution is -0.128. The first-order valence-electron chi connectivity index (χ1n) is 4.66. The Morgan fingerprint density at radius 3 is 2.47 bits per heavy atom. The first-order chi connectivity index (χ1) is 8.19. The number of ether oxygens (including phenoxy) is 1. The van der Waals surface area contributed by atoms with Crippen molar-refractivity contribution in [3.63, 3.8) is 0 Å². The molecule has 90 valence electrons. The molecule has 0 unspecified atom stereocenters. The van der Waals surface area contributed by atoms with Crippen LogP contribution in [0.2, 0.25) is 0 Å². The maximum Gasteiger partial charge on any atom is 0.369 e. The van der Waals surface area contributed by atoms with Gasteiger partial charge in [0, 0.05) is 0 Å². The van der Waals surface area contributed by atoms with E-state index in [0.717, 1.165) is 0 Å². The molecule has 0 aromatic heterocycles. The summed E-state index contributed by atoms with van der Waals surface area (Å²) in [4.78, 5) is 27.4. The van der Waals surface area contributed by atoms with Gasteiger partial charge in [0.2, 0.25) is 11.5 Å². The Morgan fingerprint density at radius 2 is 1.94 bits per heavy atom. The molecule has 0 N–H and O–H groups in total. The number of hydrogen-bond acceptors (Lipinski definition) is 5. The van der Waals surface area contributed by atoms with E-state index < -0.39 is 11.8 Å². The fraction of sp³-hybridized carbons (Fsp3) is 0.182. The van der Waals surface area contributed by atoms with Crippen LogP contribution in [0.1, 0.15) is 0 Å². The van der Waals surface area contributed by atoms with Crippen LogP contribution in [-0.4, -0.2) is 29.9 Å². The van der Waals surface area contributed by atoms with Gasteiger partial charge in [0.05, 0.1) is 5.33 Å². The van der Waals surface area contributed by atoms with Gasteiger partial charge < -0.3 is 9.57 Å². The zero-order valence-corrected chi connectivity index (χ0v) is 10.6. The molecule has 0 fully saturated rings. The number of rotatable bonds is 5. The number of nitrogens with zero attached hydrogens (tertiary/aromatic N) is 1. The molecule has 17 heavy (non-hydrogen) atoms. The number of oxime groups is 1. The third-order valence-electron chi connectivity index (χ3n) is 1.72. The number of alkyl halides is 1. The molecule has 0 aliphatic rings. The van der Waals surface area contributed by atoms with Crippen LogP contribution in [0.4, 0.5) is 0 Å². The molecule has 5 nitrogen and oxygen atoms in total. The van der Waals surface area contributed by atoms with Crippen molar-refractivity contribution in [1.29, 1.82) is 0 Å². The summed E-state index contributed by atoms with van der Waals surface area (Å²) in [6.45, 7) is 0. The van der Waals surface area contributed by atoms with Crippen molar-refractivity contribution in [2.75, 3.05) is 12.4 Å². The second-order valence-corrected chi connectivity index (χ2v) is 3.44. The molecule has 1 aromatic rings. The summed E-state index contributed by atoms with van der Waals surface area (Å²) in [6.07, 6.45) is 0. The quantitative estimate of drug-likeness (QED) is 0.207. The van der Waals surface area contributed by atoms with E-state index in [-0.39, 0.29) is 11.0 Å². The van der Waals surface area contributed by atoms with Crippen molar-refractivity contribution in [3.05, 3.63) is 30.3 Å². The fourth-order valence-corrected chi connectivity index (χ4v) is 1.27. The number of benzene rings is 1. The minimum absolute atomic E-state index is 0.0287. The van der Waals surface area contributed by atoms with Crippen molar-refractivity contribution in [1.82, 2.24) is 0 Å². The van der Waals surface area contributed by atoms with Gasteiger partial charge in [0.15, 0.2) is 0 Å². The largest absolute Gasteiger partial charge is 0.422 e. The zero-order valence-electron chi connectivity index (χ0n) is 9.05. The third kappa shape index (κ3) is 3.99. The number of ketones is 1. The molecule has 0 radical (unpaired) electrons. The normalized spacial score (nSPS) is 10.8. The first-order valence-corrected chi connectivity index (χ1v) is 5.78. The highest BCUT2D eigenvalue weighted by Crippen LogP contribution is 2.09. The van der Waals surface area contributed by atoms with Crippen molar-refractivity contribution in [3.8, 4) is 5.75 Å². The van der Waals surface area contributed by atoms with Gasteiger partial charge in [-0.1, -0.05) is 39.3 Å². The lowest BCUT2D eigenvalue weighted by Crippen LogP contribution is -2.29. The van der Waals surface area contributed by atoms with E-state index in [1.807, 2.05) is 0 Å². The van der Waals surface area contributed by atoms with E-state index in [1.165, 1.54) is 7.11 Å². The van der Waals surface area contributed by atoms with E-state index in [4.69, 9.17) is 4.74 Å². The maximum absolute atomic E-state index is 11.6. The molecule has 0 aliphatic carbocycles. The number of carbonyl (C=O) groups excluding carboxylic acids is 2. The molecule has 0 heterocycles. The Labute approximate surface area is 107 Å². The van der Waals surface area contributed by atoms with Crippen LogP contribution in [0.25, 0.3) is 0 Å². The number of Topliss-reactive ketones (excluding diaryl/α,β-unsaturated/α-hetero) is 1. The molecule has 0 amide bonds. The number of para-hydroxylation sites is 1. The Kier molecular flexibility index (Phi) is 5.35. The summed E-state index contributed by atoms with van der Waals surface area (Å²) in [5.74, 6) is -1.01. The smallest absolute Gasteiger partial charge is 0.369 e. The second-order valence-electron chi connectivity index (χ2n) is 2.88. The average molecular weight is 300 g/mol. The van der Waals surface area contributed by atoms with Gasteiger partial charge in [-0.25, -0.2) is 4.79 Å². The van der Waals surface area contributed by atoms with Gasteiger partial charge in [-0.15, -0.1) is 0 Å². The Bertz CT molecular complexity index is 430. The lowest BCUT2D eigenvalue weighted by Gasteiger charge is -2.04. The van der Waals surface area contributed by atoms with Gasteiger partial charge >= 0.3 is 5.97 Å². The molecule has 0 atom stereocenters. The molecular formula is C11H10BrNO4. The summed E-state index contributed by atoms with van der Waals surface area (Å²) in [7, 11) is 1.25. The van der Waals surface area contributed by atoms with Gasteiger partial charge in [0.25, 0.3) is 0 Å². The van der Waals surface area contributed by atoms with Gasteiger partial charge in [-0.05, 0) is 12.1 Å². The molecule has 1 aromatic carbocycles. The average Bonchev–Trinajstić information content (AvgIpc) is 2.36. The molecule has 0 spiro atoms. The highest BCUT2D eigenvalue weighted by Gasteiger charge is 2.22. The molecule has 0 saturated heterocycles. The standard InChI is InChI=1S/C11H10BrNO4/c1-16-13-10(9(14)7-12)11(15)17-8-5-3-2-4-6-8/h2-6H,7H2,1H3/b13-10-. The van der Waals surface area contributed by atoms with Crippen LogP contribution < -0.4 is 4.74 Å². The molecule has 0 saturated carbocycles. The van der Waals surface area contributed by atoms with Crippen LogP contribution in [0.3, 0.4) is 0 Å². The number of esters is 1. The van der Waals surface area contributed by atoms with Crippen LogP contribution >= 0.6 is 15.9 Å². The predicted molar refractivity (Wildman–Crippen MR) is 65.3 cm³/mol. The molecule has 0 aliphatic heterocycles. The predicted octanol–water partition coefficient (Wildman–Crippen LogP) is 1.56. The minimum Gasteiger partial charge on any atom is -0.422 e. The SMILES string of the molecule is CO/N=C(/C(=O)CBr)C(=O)Oc1ccccc1. The number of halogens is 1. The van der Waals surface area contributed by atoms with Crippen molar-refractivity contribution in [2.24, 2.45) is 5.16 Å². The Morgan fingerprint density at radius 1 is 1.29 bits per heavy atom. The summed E-state index contributed by atoms with van der Waals surface area (Å²) in [6, 6.07) is 8.40. The summed E-state index contributed by atoms with van der Waals surface area (Å²) < 4.78 is 4.96. The van der Waals surface area contributed by atoms with E-state index >= 15 is 0 Å². The Hall–Kier alpha value is -1.69. The first kappa shape index (κ1) is 13.4. The third-order valence-corrected chi connectivity index (χ3v) is 2.22. The van der Waals surface area contributed by atoms with Crippen LogP contribution in [-0.2, 0) is 14.4 Å². The summed E-state index contributed by atoms with van der Waals surface area (Å²) >= 11 is 2.95. The number of hydrogen-bond donors (Lipinski definition) is 0. The number of carbonyl (C=O) groups is 2. The fourth-order valence-electron chi connectivity index (χ4n) is 1.00. The Balaban J connectivity index is 2.80. The monoisotopic (exact) mass is 299 g/mol. The van der Waals surface area contributed by atoms with Gasteiger partial charge in [-0.2, -0.15) is 0 Å². The van der Waals surface area contributed by atoms with Crippen molar-refractivity contribution < 1.29 is 19.2 Å². The highest BCUT2D eigenvalue weighted by atomic mass is 79.9. The van der Waals surface area contributed by atoms with E-state index in [9.17, 15) is 9.59 Å². The molecule has 0 bridgehead atoms. The molecular weight excluding hydrogens is 290 g/mol. The van der Waals surface area contributed by atoms with Crippen LogP contribution in [0.15, 0.2) is 35.5 Å². The maximum atomic E-state index is 11.6. The van der Waals surface area contributed by atoms with E-state index in [0.29, 0.717) is 5.75 Å². The topological polar surface area (TPSA) is 65.0 Å². The molecule has 1 rings (SSSR count). The zero-order chi connectivity index (χ0) is 12.7. The van der Waals surface area contributed by atoms with Crippen LogP contribution in [0, 0.1) is 0 Å². The lowest BCUT2D eigenvalue weighted by atomic mass is 10.3. The van der Waals surface area contributed by atoms with Crippen molar-refractivity contribution >= 4 is 33.4 Å². The summed E-state index contributed by atoms with van der Waals surface area (Å²) in [5.41, 5.74) is -0.381. The van der Waals surface area contributed by atoms with Gasteiger partial charge in [0.1, 0.15) is 12.9 Å². The second kappa shape index (κ2) is 6.80. The van der Waals surface area contributed by atoms with E-state index in [2.05, 4.69) is 25.9 Å². The highest BCUT2D eigenvalue weighted by molar-refractivity contribution is 9.09. The van der Waals surface area contributed by atoms with E-state index in [1.54, 1.807) is 30.3 Å². The molecule has 6 heteroatoms. The van der Waals surface area contributed by atoms with Crippen molar-refractivity contribution in [2.45, 2.75) is 0 Å².